The summed E-state index contributed by atoms with van der Waals surface area (Å²) in [5.41, 5.74) is 3.30. The molecule has 0 fully saturated rings. The standard InChI is InChI=1S/C20H25ClN2OS/c1-5-6-17-19(25-16-11-9-15(21)10-12-16)18(23-20(17)22-4)13(2)7-8-14(3)24/h6-7,9-12,14,24H,5,8H2,1-4H3,(H,22,23)/b13-7+,17-6-. The number of benzene rings is 1. The molecule has 0 spiro atoms. The van der Waals surface area contributed by atoms with Crippen LogP contribution in [0, 0.1) is 0 Å². The first-order valence-corrected chi connectivity index (χ1v) is 9.63. The first-order chi connectivity index (χ1) is 12.0. The molecule has 1 atom stereocenters. The van der Waals surface area contributed by atoms with E-state index in [1.807, 2.05) is 24.3 Å². The number of nitrogens with zero attached hydrogens (tertiary/aromatic N) is 1. The van der Waals surface area contributed by atoms with Gasteiger partial charge in [0.25, 0.3) is 0 Å². The molecular formula is C20H25ClN2OS. The predicted octanol–water partition coefficient (Wildman–Crippen LogP) is 5.33. The van der Waals surface area contributed by atoms with Crippen LogP contribution >= 0.6 is 23.4 Å². The minimum absolute atomic E-state index is 0.353. The molecule has 2 N–H and O–H groups in total. The van der Waals surface area contributed by atoms with E-state index in [9.17, 15) is 5.11 Å². The average Bonchev–Trinajstić information content (AvgIpc) is 2.93. The van der Waals surface area contributed by atoms with Gasteiger partial charge in [-0.1, -0.05) is 42.4 Å². The van der Waals surface area contributed by atoms with E-state index in [0.717, 1.165) is 43.9 Å². The summed E-state index contributed by atoms with van der Waals surface area (Å²) in [5.74, 6) is 0.887. The smallest absolute Gasteiger partial charge is 0.133 e. The molecule has 1 aliphatic heterocycles. The highest BCUT2D eigenvalue weighted by Gasteiger charge is 2.26. The van der Waals surface area contributed by atoms with Crippen LogP contribution in [0.2, 0.25) is 5.02 Å². The summed E-state index contributed by atoms with van der Waals surface area (Å²) in [6.07, 6.45) is 5.47. The van der Waals surface area contributed by atoms with Crippen molar-refractivity contribution in [1.82, 2.24) is 5.32 Å². The van der Waals surface area contributed by atoms with Crippen LogP contribution in [0.3, 0.4) is 0 Å². The summed E-state index contributed by atoms with van der Waals surface area (Å²) in [6, 6.07) is 7.86. The number of aliphatic imine (C=N–C) groups is 1. The predicted molar refractivity (Wildman–Crippen MR) is 109 cm³/mol. The molecule has 0 radical (unpaired) electrons. The van der Waals surface area contributed by atoms with Gasteiger partial charge in [0.2, 0.25) is 0 Å². The van der Waals surface area contributed by atoms with E-state index in [-0.39, 0.29) is 6.10 Å². The summed E-state index contributed by atoms with van der Waals surface area (Å²) in [5, 5.41) is 13.7. The zero-order valence-corrected chi connectivity index (χ0v) is 16.7. The largest absolute Gasteiger partial charge is 0.393 e. The Balaban J connectivity index is 2.45. The van der Waals surface area contributed by atoms with E-state index in [4.69, 9.17) is 11.6 Å². The molecule has 1 aliphatic rings. The van der Waals surface area contributed by atoms with E-state index < -0.39 is 0 Å². The molecule has 25 heavy (non-hydrogen) atoms. The second kappa shape index (κ2) is 9.27. The van der Waals surface area contributed by atoms with Crippen molar-refractivity contribution in [3.05, 3.63) is 63.2 Å². The van der Waals surface area contributed by atoms with Crippen LogP contribution in [-0.4, -0.2) is 24.1 Å². The molecule has 1 aromatic rings. The molecule has 1 heterocycles. The van der Waals surface area contributed by atoms with E-state index in [0.29, 0.717) is 6.42 Å². The fraction of sp³-hybridized carbons (Fsp3) is 0.350. The number of allylic oxidation sites excluding steroid dienone is 2. The van der Waals surface area contributed by atoms with Gasteiger partial charge in [-0.15, -0.1) is 0 Å². The molecule has 0 amide bonds. The molecule has 0 aromatic heterocycles. The number of thioether (sulfide) groups is 1. The lowest BCUT2D eigenvalue weighted by molar-refractivity contribution is 0.198. The molecule has 3 nitrogen and oxygen atoms in total. The van der Waals surface area contributed by atoms with Gasteiger partial charge < -0.3 is 10.4 Å². The van der Waals surface area contributed by atoms with Gasteiger partial charge in [0.1, 0.15) is 5.84 Å². The quantitative estimate of drug-likeness (QED) is 0.705. The molecule has 1 aromatic carbocycles. The highest BCUT2D eigenvalue weighted by molar-refractivity contribution is 8.03. The van der Waals surface area contributed by atoms with Crippen LogP contribution in [0.25, 0.3) is 0 Å². The van der Waals surface area contributed by atoms with Gasteiger partial charge in [0.05, 0.1) is 11.8 Å². The summed E-state index contributed by atoms with van der Waals surface area (Å²) in [6.45, 7) is 5.99. The zero-order chi connectivity index (χ0) is 18.4. The van der Waals surface area contributed by atoms with Crippen molar-refractivity contribution in [1.29, 1.82) is 0 Å². The number of nitrogens with one attached hydrogen (secondary N) is 1. The number of hydrogen-bond acceptors (Lipinski definition) is 3. The topological polar surface area (TPSA) is 44.6 Å². The first kappa shape index (κ1) is 19.8. The van der Waals surface area contributed by atoms with Crippen molar-refractivity contribution in [2.75, 3.05) is 7.05 Å². The molecule has 0 bridgehead atoms. The molecule has 5 heteroatoms. The van der Waals surface area contributed by atoms with Gasteiger partial charge in [-0.25, -0.2) is 0 Å². The van der Waals surface area contributed by atoms with Gasteiger partial charge in [-0.3, -0.25) is 4.99 Å². The van der Waals surface area contributed by atoms with Crippen molar-refractivity contribution >= 4 is 29.2 Å². The molecule has 134 valence electrons. The number of halogens is 1. The lowest BCUT2D eigenvalue weighted by atomic mass is 10.1. The highest BCUT2D eigenvalue weighted by atomic mass is 35.5. The van der Waals surface area contributed by atoms with Crippen molar-refractivity contribution in [3.8, 4) is 0 Å². The van der Waals surface area contributed by atoms with Crippen LogP contribution < -0.4 is 5.32 Å². The van der Waals surface area contributed by atoms with Crippen molar-refractivity contribution in [2.45, 2.75) is 44.6 Å². The van der Waals surface area contributed by atoms with E-state index >= 15 is 0 Å². The Bertz CT molecular complexity index is 731. The fourth-order valence-electron chi connectivity index (χ4n) is 2.51. The fourth-order valence-corrected chi connectivity index (χ4v) is 3.75. The normalized spacial score (nSPS) is 19.7. The molecular weight excluding hydrogens is 352 g/mol. The Morgan fingerprint density at radius 2 is 2.04 bits per heavy atom. The minimum Gasteiger partial charge on any atom is -0.393 e. The number of aliphatic hydroxyl groups is 1. The number of rotatable bonds is 6. The van der Waals surface area contributed by atoms with Gasteiger partial charge in [0, 0.05) is 27.4 Å². The third kappa shape index (κ3) is 5.24. The summed E-state index contributed by atoms with van der Waals surface area (Å²) in [7, 11) is 1.80. The van der Waals surface area contributed by atoms with Crippen LogP contribution in [0.5, 0.6) is 0 Å². The third-order valence-electron chi connectivity index (χ3n) is 3.80. The van der Waals surface area contributed by atoms with Crippen LogP contribution in [0.1, 0.15) is 33.6 Å². The maximum absolute atomic E-state index is 9.57. The van der Waals surface area contributed by atoms with E-state index in [1.54, 1.807) is 25.7 Å². The van der Waals surface area contributed by atoms with Gasteiger partial charge >= 0.3 is 0 Å². The maximum Gasteiger partial charge on any atom is 0.133 e. The molecule has 0 saturated carbocycles. The minimum atomic E-state index is -0.353. The van der Waals surface area contributed by atoms with Crippen molar-refractivity contribution in [3.63, 3.8) is 0 Å². The average molecular weight is 377 g/mol. The summed E-state index contributed by atoms with van der Waals surface area (Å²) in [4.78, 5) is 6.69. The Hall–Kier alpha value is -1.49. The second-order valence-corrected chi connectivity index (χ2v) is 7.48. The molecule has 0 aliphatic carbocycles. The lowest BCUT2D eigenvalue weighted by Gasteiger charge is -2.09. The van der Waals surface area contributed by atoms with Crippen LogP contribution in [-0.2, 0) is 0 Å². The van der Waals surface area contributed by atoms with Gasteiger partial charge in [-0.2, -0.15) is 0 Å². The molecule has 1 unspecified atom stereocenters. The second-order valence-electron chi connectivity index (χ2n) is 5.96. The molecule has 0 saturated heterocycles. The monoisotopic (exact) mass is 376 g/mol. The van der Waals surface area contributed by atoms with Crippen LogP contribution in [0.15, 0.2) is 68.1 Å². The summed E-state index contributed by atoms with van der Waals surface area (Å²) < 4.78 is 0. The maximum atomic E-state index is 9.57. The summed E-state index contributed by atoms with van der Waals surface area (Å²) >= 11 is 7.71. The van der Waals surface area contributed by atoms with Gasteiger partial charge in [0.15, 0.2) is 0 Å². The Kier molecular flexibility index (Phi) is 7.36. The highest BCUT2D eigenvalue weighted by Crippen LogP contribution is 2.40. The SMILES string of the molecule is CC/C=C1\C(=NC)NC(C(/C)=C/CC(C)O)=C1Sc1ccc(Cl)cc1. The zero-order valence-electron chi connectivity index (χ0n) is 15.1. The van der Waals surface area contributed by atoms with Gasteiger partial charge in [-0.05, 0) is 56.5 Å². The molecule has 2 rings (SSSR count). The lowest BCUT2D eigenvalue weighted by Crippen LogP contribution is -2.17. The third-order valence-corrected chi connectivity index (χ3v) is 5.18. The number of hydrogen-bond donors (Lipinski definition) is 2. The first-order valence-electron chi connectivity index (χ1n) is 8.43. The number of aliphatic hydroxyl groups excluding tert-OH is 1. The Morgan fingerprint density at radius 1 is 1.36 bits per heavy atom. The Labute approximate surface area is 159 Å². The van der Waals surface area contributed by atoms with Crippen molar-refractivity contribution in [2.24, 2.45) is 4.99 Å². The Morgan fingerprint density at radius 3 is 2.60 bits per heavy atom. The van der Waals surface area contributed by atoms with E-state index in [2.05, 4.69) is 36.3 Å². The van der Waals surface area contributed by atoms with Crippen LogP contribution in [0.4, 0.5) is 0 Å². The van der Waals surface area contributed by atoms with E-state index in [1.165, 1.54) is 0 Å². The number of amidine groups is 1. The van der Waals surface area contributed by atoms with Crippen molar-refractivity contribution < 1.29 is 5.11 Å².